The number of hydrogen-bond donors (Lipinski definition) is 1. The van der Waals surface area contributed by atoms with Gasteiger partial charge >= 0.3 is 0 Å². The Balaban J connectivity index is 2.29. The fourth-order valence-corrected chi connectivity index (χ4v) is 2.78. The second kappa shape index (κ2) is 6.36. The highest BCUT2D eigenvalue weighted by Gasteiger charge is 2.16. The molecule has 0 spiro atoms. The van der Waals surface area contributed by atoms with Gasteiger partial charge in [0.25, 0.3) is 5.43 Å². The van der Waals surface area contributed by atoms with Crippen molar-refractivity contribution in [2.24, 2.45) is 0 Å². The van der Waals surface area contributed by atoms with Crippen molar-refractivity contribution in [3.05, 3.63) is 75.7 Å². The van der Waals surface area contributed by atoms with Crippen molar-refractivity contribution in [2.45, 2.75) is 20.8 Å². The molecule has 0 bridgehead atoms. The van der Waals surface area contributed by atoms with E-state index >= 15 is 0 Å². The van der Waals surface area contributed by atoms with Crippen LogP contribution < -0.4 is 5.43 Å². The van der Waals surface area contributed by atoms with Gasteiger partial charge in [-0.25, -0.2) is 4.68 Å². The van der Waals surface area contributed by atoms with Gasteiger partial charge in [0.1, 0.15) is 0 Å². The molecule has 3 aromatic rings. The highest BCUT2D eigenvalue weighted by Crippen LogP contribution is 2.30. The standard InChI is InChI=1S/C20H18N2O3/c1-12-7-6-9-15(13(12)2)16-8-4-5-10-17(16)22-11-18(24)20(25)19(21-22)14(3)23/h4-11,24H,1-3H3. The first-order valence-electron chi connectivity index (χ1n) is 7.90. The Morgan fingerprint density at radius 1 is 1.04 bits per heavy atom. The summed E-state index contributed by atoms with van der Waals surface area (Å²) in [6.45, 7) is 5.33. The van der Waals surface area contributed by atoms with E-state index in [1.807, 2.05) is 56.3 Å². The lowest BCUT2D eigenvalue weighted by molar-refractivity contribution is 0.100. The molecule has 126 valence electrons. The summed E-state index contributed by atoms with van der Waals surface area (Å²) in [5.41, 5.74) is 3.85. The maximum absolute atomic E-state index is 11.9. The molecule has 0 aliphatic carbocycles. The summed E-state index contributed by atoms with van der Waals surface area (Å²) in [7, 11) is 0. The van der Waals surface area contributed by atoms with Gasteiger partial charge < -0.3 is 5.11 Å². The Hall–Kier alpha value is -3.21. The molecule has 0 saturated heterocycles. The smallest absolute Gasteiger partial charge is 0.252 e. The van der Waals surface area contributed by atoms with Crippen LogP contribution in [0.1, 0.15) is 28.5 Å². The third-order valence-corrected chi connectivity index (χ3v) is 4.28. The third kappa shape index (κ3) is 2.96. The molecule has 5 nitrogen and oxygen atoms in total. The van der Waals surface area contributed by atoms with E-state index in [0.29, 0.717) is 5.69 Å². The number of nitrogens with zero attached hydrogens (tertiary/aromatic N) is 2. The fraction of sp³-hybridized carbons (Fsp3) is 0.150. The molecule has 0 amide bonds. The summed E-state index contributed by atoms with van der Waals surface area (Å²) < 4.78 is 1.38. The van der Waals surface area contributed by atoms with Crippen LogP contribution in [-0.2, 0) is 0 Å². The van der Waals surface area contributed by atoms with Crippen molar-refractivity contribution in [3.63, 3.8) is 0 Å². The van der Waals surface area contributed by atoms with E-state index in [0.717, 1.165) is 22.3 Å². The lowest BCUT2D eigenvalue weighted by Gasteiger charge is -2.15. The molecule has 0 atom stereocenters. The first-order chi connectivity index (χ1) is 11.9. The Morgan fingerprint density at radius 3 is 2.44 bits per heavy atom. The Kier molecular flexibility index (Phi) is 4.23. The number of aryl methyl sites for hydroxylation is 1. The first-order valence-corrected chi connectivity index (χ1v) is 7.90. The highest BCUT2D eigenvalue weighted by atomic mass is 16.3. The van der Waals surface area contributed by atoms with Gasteiger partial charge in [0, 0.05) is 12.5 Å². The van der Waals surface area contributed by atoms with E-state index in [-0.39, 0.29) is 5.69 Å². The second-order valence-corrected chi connectivity index (χ2v) is 5.96. The third-order valence-electron chi connectivity index (χ3n) is 4.28. The van der Waals surface area contributed by atoms with Gasteiger partial charge in [-0.3, -0.25) is 9.59 Å². The molecule has 25 heavy (non-hydrogen) atoms. The zero-order chi connectivity index (χ0) is 18.1. The second-order valence-electron chi connectivity index (χ2n) is 5.96. The van der Waals surface area contributed by atoms with Crippen LogP contribution >= 0.6 is 0 Å². The number of hydrogen-bond acceptors (Lipinski definition) is 4. The zero-order valence-electron chi connectivity index (χ0n) is 14.3. The number of carbonyl (C=O) groups is 1. The predicted octanol–water partition coefficient (Wildman–Crippen LogP) is 3.42. The number of aromatic nitrogens is 2. The van der Waals surface area contributed by atoms with Crippen molar-refractivity contribution in [3.8, 4) is 22.6 Å². The molecule has 3 rings (SSSR count). The van der Waals surface area contributed by atoms with Gasteiger partial charge in [-0.15, -0.1) is 0 Å². The quantitative estimate of drug-likeness (QED) is 0.745. The average Bonchev–Trinajstić information content (AvgIpc) is 2.59. The van der Waals surface area contributed by atoms with Gasteiger partial charge in [-0.2, -0.15) is 5.10 Å². The topological polar surface area (TPSA) is 72.2 Å². The number of aromatic hydroxyl groups is 1. The molecule has 0 unspecified atom stereocenters. The maximum atomic E-state index is 11.9. The van der Waals surface area contributed by atoms with Crippen molar-refractivity contribution >= 4 is 5.78 Å². The van der Waals surface area contributed by atoms with Crippen molar-refractivity contribution in [2.75, 3.05) is 0 Å². The summed E-state index contributed by atoms with van der Waals surface area (Å²) in [6, 6.07) is 13.6. The van der Waals surface area contributed by atoms with Crippen LogP contribution in [0.15, 0.2) is 53.5 Å². The molecular formula is C20H18N2O3. The summed E-state index contributed by atoms with van der Waals surface area (Å²) >= 11 is 0. The van der Waals surface area contributed by atoms with E-state index < -0.39 is 17.0 Å². The van der Waals surface area contributed by atoms with Crippen LogP contribution in [0.5, 0.6) is 5.75 Å². The van der Waals surface area contributed by atoms with Gasteiger partial charge in [0.05, 0.1) is 11.9 Å². The molecule has 0 radical (unpaired) electrons. The van der Waals surface area contributed by atoms with Crippen molar-refractivity contribution < 1.29 is 9.90 Å². The molecule has 2 aromatic carbocycles. The molecule has 0 aliphatic heterocycles. The zero-order valence-corrected chi connectivity index (χ0v) is 14.3. The summed E-state index contributed by atoms with van der Waals surface area (Å²) in [4.78, 5) is 23.6. The van der Waals surface area contributed by atoms with E-state index in [2.05, 4.69) is 5.10 Å². The van der Waals surface area contributed by atoms with Crippen LogP contribution in [0.4, 0.5) is 0 Å². The van der Waals surface area contributed by atoms with Crippen LogP contribution in [0, 0.1) is 13.8 Å². The van der Waals surface area contributed by atoms with E-state index in [9.17, 15) is 14.7 Å². The van der Waals surface area contributed by atoms with Crippen LogP contribution in [0.25, 0.3) is 16.8 Å². The number of carbonyl (C=O) groups excluding carboxylic acids is 1. The van der Waals surface area contributed by atoms with Crippen LogP contribution in [-0.4, -0.2) is 20.7 Å². The Morgan fingerprint density at radius 2 is 1.72 bits per heavy atom. The lowest BCUT2D eigenvalue weighted by Crippen LogP contribution is -2.20. The van der Waals surface area contributed by atoms with Crippen molar-refractivity contribution in [1.29, 1.82) is 0 Å². The van der Waals surface area contributed by atoms with Gasteiger partial charge in [0.2, 0.25) is 0 Å². The molecule has 0 saturated carbocycles. The SMILES string of the molecule is CC(=O)c1nn(-c2ccccc2-c2cccc(C)c2C)cc(O)c1=O. The minimum atomic E-state index is -0.757. The van der Waals surface area contributed by atoms with E-state index in [1.54, 1.807) is 0 Å². The highest BCUT2D eigenvalue weighted by molar-refractivity contribution is 5.92. The minimum absolute atomic E-state index is 0.282. The van der Waals surface area contributed by atoms with E-state index in [4.69, 9.17) is 0 Å². The summed E-state index contributed by atoms with van der Waals surface area (Å²) in [5, 5.41) is 14.1. The molecule has 0 fully saturated rings. The monoisotopic (exact) mass is 334 g/mol. The fourth-order valence-electron chi connectivity index (χ4n) is 2.78. The molecule has 1 N–H and O–H groups in total. The van der Waals surface area contributed by atoms with Gasteiger partial charge in [0.15, 0.2) is 17.2 Å². The van der Waals surface area contributed by atoms with Crippen molar-refractivity contribution in [1.82, 2.24) is 9.78 Å². The van der Waals surface area contributed by atoms with Crippen LogP contribution in [0.3, 0.4) is 0 Å². The molecule has 5 heteroatoms. The van der Waals surface area contributed by atoms with Gasteiger partial charge in [-0.1, -0.05) is 36.4 Å². The largest absolute Gasteiger partial charge is 0.503 e. The number of ketones is 1. The van der Waals surface area contributed by atoms with Gasteiger partial charge in [-0.05, 0) is 36.6 Å². The average molecular weight is 334 g/mol. The molecule has 1 heterocycles. The Labute approximate surface area is 145 Å². The summed E-state index contributed by atoms with van der Waals surface area (Å²) in [5.74, 6) is -0.991. The first kappa shape index (κ1) is 16.6. The summed E-state index contributed by atoms with van der Waals surface area (Å²) in [6.07, 6.45) is 1.23. The minimum Gasteiger partial charge on any atom is -0.503 e. The molecular weight excluding hydrogens is 316 g/mol. The van der Waals surface area contributed by atoms with E-state index in [1.165, 1.54) is 17.8 Å². The van der Waals surface area contributed by atoms with Crippen LogP contribution in [0.2, 0.25) is 0 Å². The maximum Gasteiger partial charge on any atom is 0.252 e. The molecule has 1 aromatic heterocycles. The number of para-hydroxylation sites is 1. The number of benzene rings is 2. The Bertz CT molecular complexity index is 1040. The lowest BCUT2D eigenvalue weighted by atomic mass is 9.96. The molecule has 0 aliphatic rings. The number of rotatable bonds is 3. The normalized spacial score (nSPS) is 10.7. The number of Topliss-reactive ketones (excluding diaryl/α,β-unsaturated/α-hetero) is 1. The predicted molar refractivity (Wildman–Crippen MR) is 96.4 cm³/mol.